The lowest BCUT2D eigenvalue weighted by Crippen LogP contribution is -1.99. The first kappa shape index (κ1) is 12.3. The van der Waals surface area contributed by atoms with Crippen LogP contribution in [0.4, 0.5) is 5.69 Å². The highest BCUT2D eigenvalue weighted by Gasteiger charge is 2.04. The summed E-state index contributed by atoms with van der Waals surface area (Å²) in [5.41, 5.74) is 2.80. The minimum atomic E-state index is 0.223. The SMILES string of the molecule is COc1ccc(CNc2ccc3[nH]ncc3c2)c(O)c1. The van der Waals surface area contributed by atoms with E-state index in [0.29, 0.717) is 12.3 Å². The molecular formula is C15H15N3O2. The average molecular weight is 269 g/mol. The second-order valence-corrected chi connectivity index (χ2v) is 4.52. The molecule has 0 aliphatic heterocycles. The molecule has 0 saturated carbocycles. The third-order valence-corrected chi connectivity index (χ3v) is 3.22. The van der Waals surface area contributed by atoms with E-state index < -0.39 is 0 Å². The molecule has 0 aliphatic rings. The quantitative estimate of drug-likeness (QED) is 0.681. The number of rotatable bonds is 4. The van der Waals surface area contributed by atoms with Crippen molar-refractivity contribution in [3.8, 4) is 11.5 Å². The van der Waals surface area contributed by atoms with Crippen molar-refractivity contribution in [2.45, 2.75) is 6.54 Å². The van der Waals surface area contributed by atoms with Crippen molar-refractivity contribution in [1.82, 2.24) is 10.2 Å². The van der Waals surface area contributed by atoms with Gasteiger partial charge in [-0.25, -0.2) is 0 Å². The maximum atomic E-state index is 9.90. The first-order valence-electron chi connectivity index (χ1n) is 6.29. The van der Waals surface area contributed by atoms with Crippen LogP contribution < -0.4 is 10.1 Å². The molecule has 102 valence electrons. The molecule has 0 spiro atoms. The molecular weight excluding hydrogens is 254 g/mol. The van der Waals surface area contributed by atoms with Gasteiger partial charge in [0.25, 0.3) is 0 Å². The number of methoxy groups -OCH3 is 1. The van der Waals surface area contributed by atoms with E-state index >= 15 is 0 Å². The Labute approximate surface area is 116 Å². The lowest BCUT2D eigenvalue weighted by Gasteiger charge is -2.09. The molecule has 3 N–H and O–H groups in total. The number of ether oxygens (including phenoxy) is 1. The Hall–Kier alpha value is -2.69. The van der Waals surface area contributed by atoms with Crippen LogP contribution in [0, 0.1) is 0 Å². The van der Waals surface area contributed by atoms with Crippen molar-refractivity contribution in [3.63, 3.8) is 0 Å². The molecule has 5 heteroatoms. The van der Waals surface area contributed by atoms with Crippen molar-refractivity contribution in [1.29, 1.82) is 0 Å². The summed E-state index contributed by atoms with van der Waals surface area (Å²) < 4.78 is 5.06. The smallest absolute Gasteiger partial charge is 0.124 e. The topological polar surface area (TPSA) is 70.2 Å². The van der Waals surface area contributed by atoms with Crippen LogP contribution in [0.25, 0.3) is 10.9 Å². The lowest BCUT2D eigenvalue weighted by molar-refractivity contribution is 0.406. The number of H-pyrrole nitrogens is 1. The number of aromatic nitrogens is 2. The first-order valence-corrected chi connectivity index (χ1v) is 6.29. The van der Waals surface area contributed by atoms with E-state index in [2.05, 4.69) is 15.5 Å². The molecule has 0 unspecified atom stereocenters. The second-order valence-electron chi connectivity index (χ2n) is 4.52. The number of phenols is 1. The summed E-state index contributed by atoms with van der Waals surface area (Å²) >= 11 is 0. The normalized spacial score (nSPS) is 10.7. The fourth-order valence-electron chi connectivity index (χ4n) is 2.07. The highest BCUT2D eigenvalue weighted by molar-refractivity contribution is 5.81. The van der Waals surface area contributed by atoms with Gasteiger partial charge in [-0.3, -0.25) is 5.10 Å². The second kappa shape index (κ2) is 5.13. The maximum absolute atomic E-state index is 9.90. The van der Waals surface area contributed by atoms with E-state index in [1.165, 1.54) is 0 Å². The predicted molar refractivity (Wildman–Crippen MR) is 78.1 cm³/mol. The van der Waals surface area contributed by atoms with Crippen molar-refractivity contribution in [2.24, 2.45) is 0 Å². The summed E-state index contributed by atoms with van der Waals surface area (Å²) in [6.07, 6.45) is 1.78. The van der Waals surface area contributed by atoms with E-state index in [4.69, 9.17) is 4.74 Å². The van der Waals surface area contributed by atoms with Crippen LogP contribution in [0.2, 0.25) is 0 Å². The molecule has 0 saturated heterocycles. The molecule has 0 radical (unpaired) electrons. The number of nitrogens with one attached hydrogen (secondary N) is 2. The minimum absolute atomic E-state index is 0.223. The van der Waals surface area contributed by atoms with Crippen LogP contribution in [0.15, 0.2) is 42.6 Å². The molecule has 3 rings (SSSR count). The average Bonchev–Trinajstić information content (AvgIpc) is 2.93. The van der Waals surface area contributed by atoms with Gasteiger partial charge in [-0.2, -0.15) is 5.10 Å². The van der Waals surface area contributed by atoms with Crippen LogP contribution >= 0.6 is 0 Å². The van der Waals surface area contributed by atoms with Crippen molar-refractivity contribution in [3.05, 3.63) is 48.2 Å². The third kappa shape index (κ3) is 2.38. The summed E-state index contributed by atoms with van der Waals surface area (Å²) in [6, 6.07) is 11.2. The van der Waals surface area contributed by atoms with Gasteiger partial charge in [0, 0.05) is 29.2 Å². The van der Waals surface area contributed by atoms with Gasteiger partial charge in [0.15, 0.2) is 0 Å². The summed E-state index contributed by atoms with van der Waals surface area (Å²) in [5, 5.41) is 21.1. The number of hydrogen-bond donors (Lipinski definition) is 3. The minimum Gasteiger partial charge on any atom is -0.507 e. The Bertz CT molecular complexity index is 737. The predicted octanol–water partition coefficient (Wildman–Crippen LogP) is 2.89. The van der Waals surface area contributed by atoms with Crippen LogP contribution in [-0.4, -0.2) is 22.4 Å². The summed E-state index contributed by atoms with van der Waals surface area (Å²) in [5.74, 6) is 0.868. The zero-order valence-corrected chi connectivity index (χ0v) is 11.1. The van der Waals surface area contributed by atoms with E-state index in [9.17, 15) is 5.11 Å². The van der Waals surface area contributed by atoms with Crippen molar-refractivity contribution < 1.29 is 9.84 Å². The Kier molecular flexibility index (Phi) is 3.16. The zero-order valence-electron chi connectivity index (χ0n) is 11.1. The Balaban J connectivity index is 1.75. The van der Waals surface area contributed by atoms with E-state index in [1.807, 2.05) is 30.3 Å². The number of aromatic amines is 1. The highest BCUT2D eigenvalue weighted by Crippen LogP contribution is 2.24. The molecule has 2 aromatic carbocycles. The van der Waals surface area contributed by atoms with Gasteiger partial charge in [0.1, 0.15) is 11.5 Å². The van der Waals surface area contributed by atoms with Gasteiger partial charge in [0.05, 0.1) is 18.8 Å². The molecule has 0 amide bonds. The third-order valence-electron chi connectivity index (χ3n) is 3.22. The van der Waals surface area contributed by atoms with Gasteiger partial charge in [-0.05, 0) is 30.3 Å². The van der Waals surface area contributed by atoms with Crippen LogP contribution in [0.3, 0.4) is 0 Å². The zero-order chi connectivity index (χ0) is 13.9. The van der Waals surface area contributed by atoms with Crippen LogP contribution in [-0.2, 0) is 6.54 Å². The number of hydrogen-bond acceptors (Lipinski definition) is 4. The summed E-state index contributed by atoms with van der Waals surface area (Å²) in [6.45, 7) is 0.541. The van der Waals surface area contributed by atoms with Gasteiger partial charge >= 0.3 is 0 Å². The molecule has 1 heterocycles. The number of aromatic hydroxyl groups is 1. The molecule has 0 atom stereocenters. The fourth-order valence-corrected chi connectivity index (χ4v) is 2.07. The number of benzene rings is 2. The fraction of sp³-hybridized carbons (Fsp3) is 0.133. The molecule has 20 heavy (non-hydrogen) atoms. The van der Waals surface area contributed by atoms with Crippen LogP contribution in [0.5, 0.6) is 11.5 Å². The van der Waals surface area contributed by atoms with Gasteiger partial charge in [-0.15, -0.1) is 0 Å². The number of fused-ring (bicyclic) bond motifs is 1. The molecule has 0 fully saturated rings. The highest BCUT2D eigenvalue weighted by atomic mass is 16.5. The Morgan fingerprint density at radius 3 is 2.95 bits per heavy atom. The van der Waals surface area contributed by atoms with Gasteiger partial charge < -0.3 is 15.2 Å². The van der Waals surface area contributed by atoms with Crippen LogP contribution in [0.1, 0.15) is 5.56 Å². The molecule has 5 nitrogen and oxygen atoms in total. The standard InChI is InChI=1S/C15H15N3O2/c1-20-13-4-2-10(15(19)7-13)8-16-12-3-5-14-11(6-12)9-17-18-14/h2-7,9,16,19H,8H2,1H3,(H,17,18). The lowest BCUT2D eigenvalue weighted by atomic mass is 10.1. The summed E-state index contributed by atoms with van der Waals surface area (Å²) in [4.78, 5) is 0. The molecule has 0 aliphatic carbocycles. The number of anilines is 1. The Morgan fingerprint density at radius 2 is 2.15 bits per heavy atom. The molecule has 1 aromatic heterocycles. The van der Waals surface area contributed by atoms with Crippen molar-refractivity contribution in [2.75, 3.05) is 12.4 Å². The van der Waals surface area contributed by atoms with Gasteiger partial charge in [0.2, 0.25) is 0 Å². The maximum Gasteiger partial charge on any atom is 0.124 e. The number of phenolic OH excluding ortho intramolecular Hbond substituents is 1. The first-order chi connectivity index (χ1) is 9.76. The van der Waals surface area contributed by atoms with Gasteiger partial charge in [-0.1, -0.05) is 0 Å². The summed E-state index contributed by atoms with van der Waals surface area (Å²) in [7, 11) is 1.58. The van der Waals surface area contributed by atoms with E-state index in [1.54, 1.807) is 19.4 Å². The Morgan fingerprint density at radius 1 is 1.25 bits per heavy atom. The monoisotopic (exact) mass is 269 g/mol. The number of nitrogens with zero attached hydrogens (tertiary/aromatic N) is 1. The van der Waals surface area contributed by atoms with E-state index in [0.717, 1.165) is 22.2 Å². The largest absolute Gasteiger partial charge is 0.507 e. The van der Waals surface area contributed by atoms with E-state index in [-0.39, 0.29) is 5.75 Å². The molecule has 0 bridgehead atoms. The van der Waals surface area contributed by atoms with Crippen molar-refractivity contribution >= 4 is 16.6 Å². The molecule has 3 aromatic rings.